The number of nitrogens with zero attached hydrogens (tertiary/aromatic N) is 2. The molecule has 0 saturated heterocycles. The summed E-state index contributed by atoms with van der Waals surface area (Å²) in [6.07, 6.45) is 5.45. The van der Waals surface area contributed by atoms with Gasteiger partial charge in [-0.05, 0) is 37.5 Å². The van der Waals surface area contributed by atoms with Gasteiger partial charge < -0.3 is 10.4 Å². The number of rotatable bonds is 5. The zero-order chi connectivity index (χ0) is 15.7. The second-order valence-corrected chi connectivity index (χ2v) is 6.70. The molecule has 3 N–H and O–H groups in total. The summed E-state index contributed by atoms with van der Waals surface area (Å²) in [5.74, 6) is 2.03. The van der Waals surface area contributed by atoms with E-state index in [9.17, 15) is 9.90 Å². The Balaban J connectivity index is 1.60. The quantitative estimate of drug-likeness (QED) is 0.777. The minimum absolute atomic E-state index is 0.104. The molecule has 1 aromatic rings. The number of aliphatic hydroxyl groups excluding tert-OH is 1. The van der Waals surface area contributed by atoms with Crippen molar-refractivity contribution in [1.82, 2.24) is 15.1 Å². The summed E-state index contributed by atoms with van der Waals surface area (Å²) < 4.78 is 1.70. The Bertz CT molecular complexity index is 542. The molecular formula is C16H26N4O2. The Labute approximate surface area is 131 Å². The van der Waals surface area contributed by atoms with E-state index in [1.54, 1.807) is 4.68 Å². The van der Waals surface area contributed by atoms with Crippen molar-refractivity contribution in [2.75, 3.05) is 11.9 Å². The Hall–Kier alpha value is -1.56. The zero-order valence-corrected chi connectivity index (χ0v) is 13.4. The standard InChI is InChI=1S/C16H26N4O2/c1-3-4-12-8-14(20(2)19-12)17-16(22)18-15-11-6-5-10(7-11)13(15)9-21/h8,10-11,13,15,21H,3-7,9H2,1-2H3,(H2,17,18,22). The Morgan fingerprint density at radius 1 is 1.45 bits per heavy atom. The van der Waals surface area contributed by atoms with Gasteiger partial charge in [0.15, 0.2) is 0 Å². The second kappa shape index (κ2) is 6.28. The van der Waals surface area contributed by atoms with Crippen LogP contribution in [0, 0.1) is 17.8 Å². The molecule has 1 aromatic heterocycles. The van der Waals surface area contributed by atoms with Gasteiger partial charge in [-0.3, -0.25) is 10.00 Å². The van der Waals surface area contributed by atoms with Crippen molar-refractivity contribution in [2.24, 2.45) is 24.8 Å². The number of aromatic nitrogens is 2. The Kier molecular flexibility index (Phi) is 4.38. The van der Waals surface area contributed by atoms with E-state index < -0.39 is 0 Å². The fourth-order valence-corrected chi connectivity index (χ4v) is 4.22. The molecule has 2 bridgehead atoms. The SMILES string of the molecule is CCCc1cc(NC(=O)NC2C3CCC(C3)C2CO)n(C)n1. The van der Waals surface area contributed by atoms with Crippen LogP contribution < -0.4 is 10.6 Å². The molecule has 0 aromatic carbocycles. The number of aliphatic hydroxyl groups is 1. The van der Waals surface area contributed by atoms with Crippen LogP contribution in [0.3, 0.4) is 0 Å². The summed E-state index contributed by atoms with van der Waals surface area (Å²) in [7, 11) is 1.84. The van der Waals surface area contributed by atoms with E-state index in [-0.39, 0.29) is 24.6 Å². The average Bonchev–Trinajstić information content (AvgIpc) is 3.15. The van der Waals surface area contributed by atoms with E-state index in [4.69, 9.17) is 0 Å². The number of amides is 2. The monoisotopic (exact) mass is 306 g/mol. The number of nitrogens with one attached hydrogen (secondary N) is 2. The first-order chi connectivity index (χ1) is 10.6. The van der Waals surface area contributed by atoms with E-state index in [0.29, 0.717) is 17.7 Å². The molecule has 3 rings (SSSR count). The number of anilines is 1. The molecule has 6 heteroatoms. The van der Waals surface area contributed by atoms with Crippen molar-refractivity contribution in [3.05, 3.63) is 11.8 Å². The smallest absolute Gasteiger partial charge is 0.320 e. The molecule has 2 saturated carbocycles. The second-order valence-electron chi connectivity index (χ2n) is 6.70. The van der Waals surface area contributed by atoms with Gasteiger partial charge in [0.2, 0.25) is 0 Å². The first kappa shape index (κ1) is 15.3. The molecule has 2 fully saturated rings. The highest BCUT2D eigenvalue weighted by Gasteiger charge is 2.47. The fraction of sp³-hybridized carbons (Fsp3) is 0.750. The highest BCUT2D eigenvalue weighted by Crippen LogP contribution is 2.48. The molecule has 0 spiro atoms. The van der Waals surface area contributed by atoms with Crippen LogP contribution in [-0.2, 0) is 13.5 Å². The van der Waals surface area contributed by atoms with Crippen LogP contribution in [0.25, 0.3) is 0 Å². The molecule has 6 nitrogen and oxygen atoms in total. The van der Waals surface area contributed by atoms with Gasteiger partial charge in [0.25, 0.3) is 0 Å². The molecule has 4 unspecified atom stereocenters. The van der Waals surface area contributed by atoms with Gasteiger partial charge in [0, 0.05) is 31.7 Å². The lowest BCUT2D eigenvalue weighted by Crippen LogP contribution is -2.47. The third-order valence-corrected chi connectivity index (χ3v) is 5.28. The lowest BCUT2D eigenvalue weighted by atomic mass is 9.85. The minimum atomic E-state index is -0.193. The summed E-state index contributed by atoms with van der Waals surface area (Å²) in [6.45, 7) is 2.27. The highest BCUT2D eigenvalue weighted by atomic mass is 16.3. The van der Waals surface area contributed by atoms with Crippen molar-refractivity contribution in [3.8, 4) is 0 Å². The molecule has 0 radical (unpaired) electrons. The molecule has 0 aliphatic heterocycles. The summed E-state index contributed by atoms with van der Waals surface area (Å²) in [5.41, 5.74) is 0.994. The number of hydrogen-bond acceptors (Lipinski definition) is 3. The summed E-state index contributed by atoms with van der Waals surface area (Å²) >= 11 is 0. The zero-order valence-electron chi connectivity index (χ0n) is 13.4. The van der Waals surface area contributed by atoms with E-state index in [0.717, 1.165) is 25.0 Å². The van der Waals surface area contributed by atoms with Crippen molar-refractivity contribution in [1.29, 1.82) is 0 Å². The van der Waals surface area contributed by atoms with Gasteiger partial charge in [-0.25, -0.2) is 4.79 Å². The van der Waals surface area contributed by atoms with Gasteiger partial charge in [-0.15, -0.1) is 0 Å². The summed E-state index contributed by atoms with van der Waals surface area (Å²) in [5, 5.41) is 19.9. The van der Waals surface area contributed by atoms with E-state index in [2.05, 4.69) is 22.7 Å². The molecule has 122 valence electrons. The largest absolute Gasteiger partial charge is 0.396 e. The molecule has 2 aliphatic rings. The van der Waals surface area contributed by atoms with E-state index in [1.165, 1.54) is 12.8 Å². The maximum Gasteiger partial charge on any atom is 0.320 e. The van der Waals surface area contributed by atoms with E-state index >= 15 is 0 Å². The van der Waals surface area contributed by atoms with E-state index in [1.807, 2.05) is 13.1 Å². The predicted octanol–water partition coefficient (Wildman–Crippen LogP) is 1.90. The Morgan fingerprint density at radius 3 is 2.95 bits per heavy atom. The third kappa shape index (κ3) is 2.84. The number of aryl methyl sites for hydroxylation is 2. The third-order valence-electron chi connectivity index (χ3n) is 5.28. The maximum absolute atomic E-state index is 12.3. The van der Waals surface area contributed by atoms with Crippen molar-refractivity contribution >= 4 is 11.8 Å². The molecular weight excluding hydrogens is 280 g/mol. The normalized spacial score (nSPS) is 29.8. The number of carbonyl (C=O) groups is 1. The molecule has 1 heterocycles. The van der Waals surface area contributed by atoms with Crippen LogP contribution >= 0.6 is 0 Å². The summed E-state index contributed by atoms with van der Waals surface area (Å²) in [4.78, 5) is 12.3. The van der Waals surface area contributed by atoms with Crippen LogP contribution in [-0.4, -0.2) is 33.6 Å². The number of hydrogen-bond donors (Lipinski definition) is 3. The van der Waals surface area contributed by atoms with Gasteiger partial charge in [-0.1, -0.05) is 13.3 Å². The van der Waals surface area contributed by atoms with Gasteiger partial charge in [0.05, 0.1) is 5.69 Å². The maximum atomic E-state index is 12.3. The molecule has 4 atom stereocenters. The number of urea groups is 1. The van der Waals surface area contributed by atoms with Crippen molar-refractivity contribution < 1.29 is 9.90 Å². The molecule has 2 amide bonds. The van der Waals surface area contributed by atoms with Crippen LogP contribution in [0.2, 0.25) is 0 Å². The predicted molar refractivity (Wildman–Crippen MR) is 84.6 cm³/mol. The van der Waals surface area contributed by atoms with Gasteiger partial charge in [-0.2, -0.15) is 5.10 Å². The summed E-state index contributed by atoms with van der Waals surface area (Å²) in [6, 6.07) is 1.84. The van der Waals surface area contributed by atoms with Crippen molar-refractivity contribution in [2.45, 2.75) is 45.1 Å². The van der Waals surface area contributed by atoms with Gasteiger partial charge >= 0.3 is 6.03 Å². The minimum Gasteiger partial charge on any atom is -0.396 e. The first-order valence-corrected chi connectivity index (χ1v) is 8.33. The lowest BCUT2D eigenvalue weighted by molar-refractivity contribution is 0.146. The molecule has 22 heavy (non-hydrogen) atoms. The lowest BCUT2D eigenvalue weighted by Gasteiger charge is -2.30. The van der Waals surface area contributed by atoms with Crippen LogP contribution in [0.1, 0.15) is 38.3 Å². The molecule has 2 aliphatic carbocycles. The van der Waals surface area contributed by atoms with Crippen LogP contribution in [0.15, 0.2) is 6.07 Å². The van der Waals surface area contributed by atoms with Crippen LogP contribution in [0.5, 0.6) is 0 Å². The number of carbonyl (C=O) groups excluding carboxylic acids is 1. The highest BCUT2D eigenvalue weighted by molar-refractivity contribution is 5.88. The van der Waals surface area contributed by atoms with Gasteiger partial charge in [0.1, 0.15) is 5.82 Å². The fourth-order valence-electron chi connectivity index (χ4n) is 4.22. The topological polar surface area (TPSA) is 79.2 Å². The average molecular weight is 306 g/mol. The van der Waals surface area contributed by atoms with Crippen LogP contribution in [0.4, 0.5) is 10.6 Å². The number of fused-ring (bicyclic) bond motifs is 2. The first-order valence-electron chi connectivity index (χ1n) is 8.33. The van der Waals surface area contributed by atoms with Crippen molar-refractivity contribution in [3.63, 3.8) is 0 Å². The Morgan fingerprint density at radius 2 is 2.23 bits per heavy atom.